The number of carboxylic acids is 1. The molecule has 0 heterocycles. The van der Waals surface area contributed by atoms with Crippen molar-refractivity contribution in [3.63, 3.8) is 0 Å². The molecule has 9 atom stereocenters. The number of allylic oxidation sites excluding steroid dienone is 2. The Morgan fingerprint density at radius 2 is 2.00 bits per heavy atom. The van der Waals surface area contributed by atoms with Gasteiger partial charge < -0.3 is 30.0 Å². The summed E-state index contributed by atoms with van der Waals surface area (Å²) >= 11 is 0. The van der Waals surface area contributed by atoms with E-state index in [0.717, 1.165) is 5.57 Å². The van der Waals surface area contributed by atoms with Crippen LogP contribution in [0.25, 0.3) is 0 Å². The zero-order chi connectivity index (χ0) is 24.0. The first-order valence-electron chi connectivity index (χ1n) is 11.4. The number of aliphatic carboxylic acids is 1. The lowest BCUT2D eigenvalue weighted by molar-refractivity contribution is -0.159. The lowest BCUT2D eigenvalue weighted by Crippen LogP contribution is -2.43. The van der Waals surface area contributed by atoms with E-state index >= 15 is 0 Å². The number of esters is 1. The molecule has 4 N–H and O–H groups in total. The van der Waals surface area contributed by atoms with Crippen LogP contribution in [0.1, 0.15) is 52.9 Å². The molecule has 1 unspecified atom stereocenters. The van der Waals surface area contributed by atoms with Crippen LogP contribution in [-0.2, 0) is 19.1 Å². The predicted octanol–water partition coefficient (Wildman–Crippen LogP) is 1.87. The summed E-state index contributed by atoms with van der Waals surface area (Å²) in [5.74, 6) is -3.47. The Kier molecular flexibility index (Phi) is 9.61. The highest BCUT2D eigenvalue weighted by molar-refractivity contribution is 5.87. The van der Waals surface area contributed by atoms with E-state index in [9.17, 15) is 29.7 Å². The number of carbonyl (C=O) groups excluding carboxylic acids is 2. The first-order chi connectivity index (χ1) is 15.1. The maximum absolute atomic E-state index is 12.5. The molecule has 180 valence electrons. The normalized spacial score (nSPS) is 30.9. The van der Waals surface area contributed by atoms with Crippen LogP contribution in [0.3, 0.4) is 0 Å². The van der Waals surface area contributed by atoms with Gasteiger partial charge in [-0.3, -0.25) is 9.59 Å². The van der Waals surface area contributed by atoms with Crippen molar-refractivity contribution in [2.75, 3.05) is 0 Å². The number of rotatable bonds is 11. The number of carbonyl (C=O) groups is 3. The number of aliphatic hydroxyl groups excluding tert-OH is 3. The van der Waals surface area contributed by atoms with Gasteiger partial charge in [0.25, 0.3) is 0 Å². The van der Waals surface area contributed by atoms with Crippen molar-refractivity contribution in [2.24, 2.45) is 29.6 Å². The van der Waals surface area contributed by atoms with E-state index in [0.29, 0.717) is 25.7 Å². The number of fused-ring (bicyclic) bond motifs is 1. The molecule has 0 saturated heterocycles. The molecule has 0 bridgehead atoms. The maximum Gasteiger partial charge on any atom is 0.316 e. The molecule has 0 aliphatic heterocycles. The summed E-state index contributed by atoms with van der Waals surface area (Å²) in [6, 6.07) is 0. The van der Waals surface area contributed by atoms with E-state index in [-0.39, 0.29) is 42.3 Å². The fourth-order valence-electron chi connectivity index (χ4n) is 4.66. The fourth-order valence-corrected chi connectivity index (χ4v) is 4.66. The Balaban J connectivity index is 2.11. The molecule has 0 radical (unpaired) electrons. The molecule has 2 rings (SSSR count). The summed E-state index contributed by atoms with van der Waals surface area (Å²) in [5, 5.41) is 39.6. The first-order valence-corrected chi connectivity index (χ1v) is 11.4. The molecule has 0 aromatic carbocycles. The monoisotopic (exact) mass is 452 g/mol. The van der Waals surface area contributed by atoms with E-state index in [1.54, 1.807) is 6.08 Å². The number of hydrogen-bond donors (Lipinski definition) is 4. The maximum atomic E-state index is 12.5. The standard InChI is InChI=1S/C24H36O8/c1-4-13(2)24(31)32-21-11-17(27)9-15-6-5-14(3)18(22(15)21)8-7-16(26)10-20(28)19(12-25)23(29)30/h5-6,9,12-14,16-22,26-28H,4,7-8,10-11H2,1-3H3,(H,29,30)/t13-,14-,16+,17+,18-,19?,20+,21-,22-/m0/s1. The van der Waals surface area contributed by atoms with Crippen LogP contribution in [-0.4, -0.2) is 63.1 Å². The highest BCUT2D eigenvalue weighted by atomic mass is 16.5. The van der Waals surface area contributed by atoms with Gasteiger partial charge in [-0.2, -0.15) is 0 Å². The van der Waals surface area contributed by atoms with Gasteiger partial charge in [0.2, 0.25) is 0 Å². The summed E-state index contributed by atoms with van der Waals surface area (Å²) in [4.78, 5) is 34.4. The van der Waals surface area contributed by atoms with Crippen molar-refractivity contribution in [2.45, 2.75) is 77.3 Å². The Labute approximate surface area is 189 Å². The Morgan fingerprint density at radius 1 is 1.31 bits per heavy atom. The van der Waals surface area contributed by atoms with Crippen molar-refractivity contribution in [3.05, 3.63) is 23.8 Å². The zero-order valence-corrected chi connectivity index (χ0v) is 19.0. The summed E-state index contributed by atoms with van der Waals surface area (Å²) in [6.07, 6.45) is 3.94. The molecular weight excluding hydrogens is 416 g/mol. The molecule has 32 heavy (non-hydrogen) atoms. The minimum absolute atomic E-state index is 0.0293. The third-order valence-electron chi connectivity index (χ3n) is 6.85. The lowest BCUT2D eigenvalue weighted by Gasteiger charge is -2.43. The van der Waals surface area contributed by atoms with E-state index < -0.39 is 36.3 Å². The van der Waals surface area contributed by atoms with Crippen LogP contribution in [0, 0.1) is 29.6 Å². The van der Waals surface area contributed by atoms with Crippen molar-refractivity contribution in [1.82, 2.24) is 0 Å². The molecule has 8 nitrogen and oxygen atoms in total. The van der Waals surface area contributed by atoms with Gasteiger partial charge >= 0.3 is 11.9 Å². The van der Waals surface area contributed by atoms with Crippen LogP contribution >= 0.6 is 0 Å². The third-order valence-corrected chi connectivity index (χ3v) is 6.85. The Bertz CT molecular complexity index is 730. The third kappa shape index (κ3) is 6.49. The first kappa shape index (κ1) is 26.2. The highest BCUT2D eigenvalue weighted by Crippen LogP contribution is 2.44. The topological polar surface area (TPSA) is 141 Å². The molecule has 2 aliphatic rings. The molecule has 0 fully saturated rings. The smallest absolute Gasteiger partial charge is 0.316 e. The molecular formula is C24H36O8. The van der Waals surface area contributed by atoms with Gasteiger partial charge in [-0.05, 0) is 36.7 Å². The second-order valence-corrected chi connectivity index (χ2v) is 9.20. The van der Waals surface area contributed by atoms with Crippen molar-refractivity contribution < 1.29 is 39.5 Å². The number of aliphatic hydroxyl groups is 3. The van der Waals surface area contributed by atoms with Gasteiger partial charge in [-0.1, -0.05) is 39.0 Å². The summed E-state index contributed by atoms with van der Waals surface area (Å²) in [5.41, 5.74) is 0.912. The largest absolute Gasteiger partial charge is 0.481 e. The minimum atomic E-state index is -1.57. The number of ether oxygens (including phenoxy) is 1. The van der Waals surface area contributed by atoms with Gasteiger partial charge in [0.1, 0.15) is 18.3 Å². The predicted molar refractivity (Wildman–Crippen MR) is 116 cm³/mol. The van der Waals surface area contributed by atoms with Crippen molar-refractivity contribution >= 4 is 18.2 Å². The number of carboxylic acid groups (broad SMARTS) is 1. The van der Waals surface area contributed by atoms with E-state index in [2.05, 4.69) is 0 Å². The second kappa shape index (κ2) is 11.7. The van der Waals surface area contributed by atoms with Gasteiger partial charge in [-0.25, -0.2) is 0 Å². The minimum Gasteiger partial charge on any atom is -0.481 e. The quantitative estimate of drug-likeness (QED) is 0.211. The number of hydrogen-bond acceptors (Lipinski definition) is 7. The lowest BCUT2D eigenvalue weighted by atomic mass is 9.66. The SMILES string of the molecule is CC[C@H](C)C(=O)O[C@H]1C[C@H](O)C=C2C=C[C@H](C)[C@H](CC[C@@H](O)C[C@@H](O)C(C=O)C(=O)O)[C@H]21. The van der Waals surface area contributed by atoms with Crippen LogP contribution in [0.2, 0.25) is 0 Å². The molecule has 2 aliphatic carbocycles. The van der Waals surface area contributed by atoms with E-state index in [1.807, 2.05) is 32.9 Å². The highest BCUT2D eigenvalue weighted by Gasteiger charge is 2.42. The van der Waals surface area contributed by atoms with Crippen LogP contribution in [0.15, 0.2) is 23.8 Å². The van der Waals surface area contributed by atoms with Gasteiger partial charge in [0.05, 0.1) is 24.2 Å². The van der Waals surface area contributed by atoms with Crippen LogP contribution < -0.4 is 0 Å². The molecule has 0 spiro atoms. The summed E-state index contributed by atoms with van der Waals surface area (Å²) in [6.45, 7) is 5.77. The second-order valence-electron chi connectivity index (χ2n) is 9.20. The van der Waals surface area contributed by atoms with Crippen LogP contribution in [0.4, 0.5) is 0 Å². The number of aldehydes is 1. The molecule has 0 aromatic heterocycles. The molecule has 8 heteroatoms. The van der Waals surface area contributed by atoms with Crippen molar-refractivity contribution in [3.8, 4) is 0 Å². The zero-order valence-electron chi connectivity index (χ0n) is 19.0. The Morgan fingerprint density at radius 3 is 2.59 bits per heavy atom. The van der Waals surface area contributed by atoms with Gasteiger partial charge in [-0.15, -0.1) is 0 Å². The summed E-state index contributed by atoms with van der Waals surface area (Å²) < 4.78 is 5.83. The van der Waals surface area contributed by atoms with E-state index in [1.165, 1.54) is 0 Å². The van der Waals surface area contributed by atoms with E-state index in [4.69, 9.17) is 9.84 Å². The van der Waals surface area contributed by atoms with Gasteiger partial charge in [0, 0.05) is 18.8 Å². The average molecular weight is 453 g/mol. The van der Waals surface area contributed by atoms with Crippen molar-refractivity contribution in [1.29, 1.82) is 0 Å². The summed E-state index contributed by atoms with van der Waals surface area (Å²) in [7, 11) is 0. The molecule has 0 amide bonds. The fraction of sp³-hybridized carbons (Fsp3) is 0.708. The average Bonchev–Trinajstić information content (AvgIpc) is 2.72. The Hall–Kier alpha value is -2.03. The van der Waals surface area contributed by atoms with Gasteiger partial charge in [0.15, 0.2) is 0 Å². The van der Waals surface area contributed by atoms with Crippen LogP contribution in [0.5, 0.6) is 0 Å². The molecule has 0 saturated carbocycles. The molecule has 0 aromatic rings.